The summed E-state index contributed by atoms with van der Waals surface area (Å²) in [6.45, 7) is 4.47. The third kappa shape index (κ3) is 2.26. The Bertz CT molecular complexity index is 350. The number of aromatic nitrogens is 1. The molecule has 3 unspecified atom stereocenters. The van der Waals surface area contributed by atoms with Gasteiger partial charge in [-0.3, -0.25) is 4.79 Å². The van der Waals surface area contributed by atoms with Gasteiger partial charge in [-0.05, 0) is 24.7 Å². The Morgan fingerprint density at radius 1 is 1.62 bits per heavy atom. The van der Waals surface area contributed by atoms with Crippen molar-refractivity contribution in [1.82, 2.24) is 10.3 Å². The molecule has 0 aliphatic heterocycles. The fourth-order valence-corrected chi connectivity index (χ4v) is 3.13. The van der Waals surface area contributed by atoms with Crippen LogP contribution < -0.4 is 5.32 Å². The summed E-state index contributed by atoms with van der Waals surface area (Å²) >= 11 is 1.46. The van der Waals surface area contributed by atoms with Gasteiger partial charge in [-0.25, -0.2) is 4.98 Å². The van der Waals surface area contributed by atoms with Crippen molar-refractivity contribution in [2.45, 2.75) is 39.2 Å². The van der Waals surface area contributed by atoms with E-state index in [2.05, 4.69) is 24.1 Å². The second kappa shape index (κ2) is 4.95. The Labute approximate surface area is 100 Å². The van der Waals surface area contributed by atoms with Gasteiger partial charge in [0, 0.05) is 11.4 Å². The number of amides is 1. The molecule has 0 bridgehead atoms. The normalized spacial score (nSPS) is 29.2. The molecule has 1 aromatic rings. The van der Waals surface area contributed by atoms with E-state index in [4.69, 9.17) is 0 Å². The van der Waals surface area contributed by atoms with Gasteiger partial charge in [-0.1, -0.05) is 20.3 Å². The van der Waals surface area contributed by atoms with Crippen LogP contribution in [0.15, 0.2) is 10.9 Å². The molecule has 88 valence electrons. The number of nitrogens with zero attached hydrogens (tertiary/aromatic N) is 1. The smallest absolute Gasteiger partial charge is 0.270 e. The van der Waals surface area contributed by atoms with Crippen molar-refractivity contribution in [3.8, 4) is 0 Å². The van der Waals surface area contributed by atoms with E-state index in [1.54, 1.807) is 10.9 Å². The molecule has 2 rings (SSSR count). The molecule has 1 N–H and O–H groups in total. The van der Waals surface area contributed by atoms with Crippen LogP contribution in [0.4, 0.5) is 0 Å². The Kier molecular flexibility index (Phi) is 3.59. The molecule has 1 amide bonds. The molecular weight excluding hydrogens is 220 g/mol. The van der Waals surface area contributed by atoms with E-state index in [0.717, 1.165) is 12.3 Å². The van der Waals surface area contributed by atoms with Gasteiger partial charge in [0.25, 0.3) is 5.91 Å². The molecule has 3 atom stereocenters. The summed E-state index contributed by atoms with van der Waals surface area (Å²) in [6, 6.07) is 0.333. The molecule has 1 heterocycles. The van der Waals surface area contributed by atoms with Crippen LogP contribution >= 0.6 is 11.3 Å². The van der Waals surface area contributed by atoms with E-state index in [1.165, 1.54) is 24.2 Å². The molecule has 1 fully saturated rings. The maximum Gasteiger partial charge on any atom is 0.270 e. The molecule has 3 nitrogen and oxygen atoms in total. The maximum absolute atomic E-state index is 11.8. The minimum absolute atomic E-state index is 0.0187. The first-order valence-electron chi connectivity index (χ1n) is 5.91. The molecule has 1 aliphatic rings. The highest BCUT2D eigenvalue weighted by atomic mass is 32.1. The number of thiazole rings is 1. The first-order valence-corrected chi connectivity index (χ1v) is 6.85. The molecule has 0 aromatic carbocycles. The molecule has 0 saturated heterocycles. The highest BCUT2D eigenvalue weighted by Crippen LogP contribution is 2.33. The lowest BCUT2D eigenvalue weighted by molar-refractivity contribution is 0.0922. The van der Waals surface area contributed by atoms with Gasteiger partial charge in [0.1, 0.15) is 5.69 Å². The van der Waals surface area contributed by atoms with Crippen molar-refractivity contribution in [3.05, 3.63) is 16.6 Å². The van der Waals surface area contributed by atoms with E-state index in [1.807, 2.05) is 0 Å². The molecule has 16 heavy (non-hydrogen) atoms. The minimum atomic E-state index is -0.0187. The average Bonchev–Trinajstić information content (AvgIpc) is 2.89. The van der Waals surface area contributed by atoms with Crippen LogP contribution in [0.2, 0.25) is 0 Å². The van der Waals surface area contributed by atoms with Crippen molar-refractivity contribution in [2.75, 3.05) is 0 Å². The standard InChI is InChI=1S/C12H18N2OS/c1-3-9-4-5-10(8(9)2)14-12(15)11-6-16-7-13-11/h6-10H,3-5H2,1-2H3,(H,14,15). The zero-order valence-corrected chi connectivity index (χ0v) is 10.6. The second-order valence-corrected chi connectivity index (χ2v) is 5.28. The van der Waals surface area contributed by atoms with Crippen LogP contribution in [-0.4, -0.2) is 16.9 Å². The summed E-state index contributed by atoms with van der Waals surface area (Å²) in [7, 11) is 0. The number of carbonyl (C=O) groups is 1. The van der Waals surface area contributed by atoms with Gasteiger partial charge >= 0.3 is 0 Å². The fourth-order valence-electron chi connectivity index (χ4n) is 2.59. The number of hydrogen-bond acceptors (Lipinski definition) is 3. The van der Waals surface area contributed by atoms with Gasteiger partial charge in [0.2, 0.25) is 0 Å². The van der Waals surface area contributed by atoms with Crippen LogP contribution in [0.3, 0.4) is 0 Å². The largest absolute Gasteiger partial charge is 0.348 e. The maximum atomic E-state index is 11.8. The van der Waals surface area contributed by atoms with Crippen LogP contribution in [-0.2, 0) is 0 Å². The number of hydrogen-bond donors (Lipinski definition) is 1. The predicted molar refractivity (Wildman–Crippen MR) is 65.5 cm³/mol. The van der Waals surface area contributed by atoms with Crippen LogP contribution in [0.1, 0.15) is 43.6 Å². The first-order chi connectivity index (χ1) is 7.72. The Balaban J connectivity index is 1.94. The third-order valence-corrected chi connectivity index (χ3v) is 4.32. The minimum Gasteiger partial charge on any atom is -0.348 e. The van der Waals surface area contributed by atoms with Crippen molar-refractivity contribution >= 4 is 17.2 Å². The van der Waals surface area contributed by atoms with E-state index in [-0.39, 0.29) is 5.91 Å². The predicted octanol–water partition coefficient (Wildman–Crippen LogP) is 2.70. The van der Waals surface area contributed by atoms with Gasteiger partial charge in [-0.15, -0.1) is 11.3 Å². The lowest BCUT2D eigenvalue weighted by Crippen LogP contribution is -2.37. The Morgan fingerprint density at radius 2 is 2.44 bits per heavy atom. The zero-order valence-electron chi connectivity index (χ0n) is 9.77. The summed E-state index contributed by atoms with van der Waals surface area (Å²) in [5.74, 6) is 1.34. The quantitative estimate of drug-likeness (QED) is 0.879. The monoisotopic (exact) mass is 238 g/mol. The van der Waals surface area contributed by atoms with Gasteiger partial charge in [-0.2, -0.15) is 0 Å². The highest BCUT2D eigenvalue weighted by molar-refractivity contribution is 7.07. The Morgan fingerprint density at radius 3 is 3.00 bits per heavy atom. The van der Waals surface area contributed by atoms with Crippen LogP contribution in [0.25, 0.3) is 0 Å². The van der Waals surface area contributed by atoms with Crippen LogP contribution in [0, 0.1) is 11.8 Å². The topological polar surface area (TPSA) is 42.0 Å². The summed E-state index contributed by atoms with van der Waals surface area (Å²) in [6.07, 6.45) is 3.56. The summed E-state index contributed by atoms with van der Waals surface area (Å²) in [4.78, 5) is 15.9. The van der Waals surface area contributed by atoms with E-state index >= 15 is 0 Å². The van der Waals surface area contributed by atoms with Gasteiger partial charge in [0.05, 0.1) is 5.51 Å². The number of carbonyl (C=O) groups excluding carboxylic acids is 1. The first kappa shape index (κ1) is 11.6. The molecule has 1 aromatic heterocycles. The third-order valence-electron chi connectivity index (χ3n) is 3.73. The van der Waals surface area contributed by atoms with Crippen molar-refractivity contribution < 1.29 is 4.79 Å². The van der Waals surface area contributed by atoms with Crippen molar-refractivity contribution in [3.63, 3.8) is 0 Å². The summed E-state index contributed by atoms with van der Waals surface area (Å²) < 4.78 is 0. The lowest BCUT2D eigenvalue weighted by Gasteiger charge is -2.20. The molecule has 0 radical (unpaired) electrons. The number of nitrogens with one attached hydrogen (secondary N) is 1. The van der Waals surface area contributed by atoms with Crippen molar-refractivity contribution in [2.24, 2.45) is 11.8 Å². The highest BCUT2D eigenvalue weighted by Gasteiger charge is 2.32. The molecule has 1 aliphatic carbocycles. The van der Waals surface area contributed by atoms with E-state index in [0.29, 0.717) is 17.7 Å². The Hall–Kier alpha value is -0.900. The molecule has 4 heteroatoms. The second-order valence-electron chi connectivity index (χ2n) is 4.56. The SMILES string of the molecule is CCC1CCC(NC(=O)c2cscn2)C1C. The van der Waals surface area contributed by atoms with Crippen LogP contribution in [0.5, 0.6) is 0 Å². The van der Waals surface area contributed by atoms with Crippen molar-refractivity contribution in [1.29, 1.82) is 0 Å². The number of rotatable bonds is 3. The summed E-state index contributed by atoms with van der Waals surface area (Å²) in [5.41, 5.74) is 2.25. The lowest BCUT2D eigenvalue weighted by atomic mass is 9.93. The van der Waals surface area contributed by atoms with E-state index < -0.39 is 0 Å². The molecule has 1 saturated carbocycles. The van der Waals surface area contributed by atoms with Gasteiger partial charge < -0.3 is 5.32 Å². The fraction of sp³-hybridized carbons (Fsp3) is 0.667. The molecule has 0 spiro atoms. The van der Waals surface area contributed by atoms with E-state index in [9.17, 15) is 4.79 Å². The average molecular weight is 238 g/mol. The summed E-state index contributed by atoms with van der Waals surface area (Å²) in [5, 5.41) is 4.90. The zero-order chi connectivity index (χ0) is 11.5. The van der Waals surface area contributed by atoms with Gasteiger partial charge in [0.15, 0.2) is 0 Å². The molecular formula is C12H18N2OS.